The molecule has 0 saturated carbocycles. The van der Waals surface area contributed by atoms with Crippen LogP contribution >= 0.6 is 0 Å². The van der Waals surface area contributed by atoms with Crippen LogP contribution in [0.3, 0.4) is 0 Å². The molecule has 2 heterocycles. The number of ether oxygens (including phenoxy) is 1. The Bertz CT molecular complexity index is 932. The second-order valence-electron chi connectivity index (χ2n) is 6.85. The van der Waals surface area contributed by atoms with Crippen LogP contribution in [0, 0.1) is 0 Å². The number of rotatable bonds is 5. The van der Waals surface area contributed by atoms with E-state index >= 15 is 0 Å². The predicted molar refractivity (Wildman–Crippen MR) is 101 cm³/mol. The summed E-state index contributed by atoms with van der Waals surface area (Å²) >= 11 is 0. The standard InChI is InChI=1S/C21H23N3O2/c1-26-17-7-8-18-14(10-17)4-2-5-15(18)12-23-20(25)11-16-13-24-21-19(16)6-3-9-22-21/h3,6-10,13,15H,2,4-5,11-12H2,1H3,(H,22,24)(H,23,25)/t15-/m0/s1. The maximum atomic E-state index is 12.4. The first kappa shape index (κ1) is 16.6. The van der Waals surface area contributed by atoms with Crippen LogP contribution in [0.2, 0.25) is 0 Å². The Labute approximate surface area is 152 Å². The Kier molecular flexibility index (Phi) is 4.61. The highest BCUT2D eigenvalue weighted by molar-refractivity contribution is 5.87. The third-order valence-corrected chi connectivity index (χ3v) is 5.22. The minimum Gasteiger partial charge on any atom is -0.497 e. The molecule has 1 amide bonds. The minimum atomic E-state index is 0.0513. The molecule has 3 aromatic rings. The number of hydrogen-bond donors (Lipinski definition) is 2. The predicted octanol–water partition coefficient (Wildman–Crippen LogP) is 3.35. The molecule has 0 bridgehead atoms. The second kappa shape index (κ2) is 7.20. The fraction of sp³-hybridized carbons (Fsp3) is 0.333. The molecule has 5 nitrogen and oxygen atoms in total. The average Bonchev–Trinajstić information content (AvgIpc) is 3.08. The Morgan fingerprint density at radius 2 is 2.31 bits per heavy atom. The lowest BCUT2D eigenvalue weighted by atomic mass is 9.82. The molecule has 4 rings (SSSR count). The Hall–Kier alpha value is -2.82. The summed E-state index contributed by atoms with van der Waals surface area (Å²) in [6.45, 7) is 0.679. The highest BCUT2D eigenvalue weighted by Gasteiger charge is 2.21. The van der Waals surface area contributed by atoms with Crippen LogP contribution in [0.15, 0.2) is 42.7 Å². The number of nitrogens with one attached hydrogen (secondary N) is 2. The Morgan fingerprint density at radius 1 is 1.38 bits per heavy atom. The van der Waals surface area contributed by atoms with Gasteiger partial charge >= 0.3 is 0 Å². The molecule has 0 radical (unpaired) electrons. The summed E-state index contributed by atoms with van der Waals surface area (Å²) in [6, 6.07) is 10.2. The third-order valence-electron chi connectivity index (χ3n) is 5.22. The normalized spacial score (nSPS) is 16.3. The third kappa shape index (κ3) is 3.29. The number of pyridine rings is 1. The Balaban J connectivity index is 1.41. The molecule has 1 aliphatic carbocycles. The summed E-state index contributed by atoms with van der Waals surface area (Å²) < 4.78 is 5.33. The molecular weight excluding hydrogens is 326 g/mol. The number of fused-ring (bicyclic) bond motifs is 2. The number of aryl methyl sites for hydroxylation is 1. The van der Waals surface area contributed by atoms with Gasteiger partial charge in [-0.05, 0) is 60.2 Å². The maximum Gasteiger partial charge on any atom is 0.224 e. The minimum absolute atomic E-state index is 0.0513. The molecule has 0 spiro atoms. The molecule has 0 saturated heterocycles. The van der Waals surface area contributed by atoms with Crippen LogP contribution in [-0.4, -0.2) is 29.5 Å². The van der Waals surface area contributed by atoms with Crippen molar-refractivity contribution in [2.24, 2.45) is 0 Å². The van der Waals surface area contributed by atoms with E-state index < -0.39 is 0 Å². The first-order valence-electron chi connectivity index (χ1n) is 9.09. The van der Waals surface area contributed by atoms with E-state index in [2.05, 4.69) is 27.4 Å². The molecule has 1 atom stereocenters. The van der Waals surface area contributed by atoms with Gasteiger partial charge in [-0.1, -0.05) is 6.07 Å². The van der Waals surface area contributed by atoms with E-state index in [-0.39, 0.29) is 5.91 Å². The van der Waals surface area contributed by atoms with Gasteiger partial charge in [0.1, 0.15) is 11.4 Å². The van der Waals surface area contributed by atoms with Crippen molar-refractivity contribution in [3.8, 4) is 5.75 Å². The van der Waals surface area contributed by atoms with E-state index in [1.807, 2.05) is 24.4 Å². The lowest BCUT2D eigenvalue weighted by Gasteiger charge is -2.26. The van der Waals surface area contributed by atoms with Crippen molar-refractivity contribution >= 4 is 16.9 Å². The number of carbonyl (C=O) groups is 1. The second-order valence-corrected chi connectivity index (χ2v) is 6.85. The topological polar surface area (TPSA) is 67.0 Å². The molecule has 0 unspecified atom stereocenters. The zero-order chi connectivity index (χ0) is 17.9. The van der Waals surface area contributed by atoms with E-state index in [4.69, 9.17) is 4.74 Å². The zero-order valence-corrected chi connectivity index (χ0v) is 14.9. The summed E-state index contributed by atoms with van der Waals surface area (Å²) in [7, 11) is 1.70. The molecule has 1 aliphatic rings. The number of aromatic amines is 1. The first-order valence-corrected chi connectivity index (χ1v) is 9.09. The van der Waals surface area contributed by atoms with Gasteiger partial charge in [0.15, 0.2) is 0 Å². The van der Waals surface area contributed by atoms with Crippen LogP contribution in [0.5, 0.6) is 5.75 Å². The van der Waals surface area contributed by atoms with Crippen LogP contribution in [-0.2, 0) is 17.6 Å². The van der Waals surface area contributed by atoms with Gasteiger partial charge in [0.05, 0.1) is 13.5 Å². The number of H-pyrrole nitrogens is 1. The van der Waals surface area contributed by atoms with Gasteiger partial charge < -0.3 is 15.0 Å². The molecule has 5 heteroatoms. The summed E-state index contributed by atoms with van der Waals surface area (Å²) in [5.74, 6) is 1.33. The molecule has 2 N–H and O–H groups in total. The van der Waals surface area contributed by atoms with Crippen LogP contribution in [0.4, 0.5) is 0 Å². The smallest absolute Gasteiger partial charge is 0.224 e. The lowest BCUT2D eigenvalue weighted by Crippen LogP contribution is -2.31. The van der Waals surface area contributed by atoms with E-state index in [0.29, 0.717) is 18.9 Å². The van der Waals surface area contributed by atoms with Crippen LogP contribution in [0.25, 0.3) is 11.0 Å². The molecular formula is C21H23N3O2. The molecule has 0 aliphatic heterocycles. The monoisotopic (exact) mass is 349 g/mol. The van der Waals surface area contributed by atoms with Crippen LogP contribution < -0.4 is 10.1 Å². The highest BCUT2D eigenvalue weighted by atomic mass is 16.5. The van der Waals surface area contributed by atoms with Gasteiger partial charge in [-0.2, -0.15) is 0 Å². The van der Waals surface area contributed by atoms with Gasteiger partial charge in [-0.15, -0.1) is 0 Å². The Morgan fingerprint density at radius 3 is 3.19 bits per heavy atom. The fourth-order valence-electron chi connectivity index (χ4n) is 3.86. The summed E-state index contributed by atoms with van der Waals surface area (Å²) in [5, 5.41) is 4.13. The van der Waals surface area contributed by atoms with Crippen molar-refractivity contribution in [2.45, 2.75) is 31.6 Å². The van der Waals surface area contributed by atoms with Crippen molar-refractivity contribution in [1.29, 1.82) is 0 Å². The quantitative estimate of drug-likeness (QED) is 0.742. The van der Waals surface area contributed by atoms with Crippen molar-refractivity contribution in [3.63, 3.8) is 0 Å². The van der Waals surface area contributed by atoms with Crippen molar-refractivity contribution in [3.05, 3.63) is 59.4 Å². The van der Waals surface area contributed by atoms with Crippen molar-refractivity contribution in [1.82, 2.24) is 15.3 Å². The van der Waals surface area contributed by atoms with E-state index in [9.17, 15) is 4.79 Å². The zero-order valence-electron chi connectivity index (χ0n) is 14.9. The van der Waals surface area contributed by atoms with E-state index in [1.54, 1.807) is 13.3 Å². The van der Waals surface area contributed by atoms with E-state index in [0.717, 1.165) is 41.6 Å². The van der Waals surface area contributed by atoms with Crippen molar-refractivity contribution < 1.29 is 9.53 Å². The summed E-state index contributed by atoms with van der Waals surface area (Å²) in [5.41, 5.74) is 4.50. The molecule has 0 fully saturated rings. The number of hydrogen-bond acceptors (Lipinski definition) is 3. The number of carbonyl (C=O) groups excluding carboxylic acids is 1. The SMILES string of the molecule is COc1ccc2c(c1)CCC[C@H]2CNC(=O)Cc1c[nH]c2ncccc12. The lowest BCUT2D eigenvalue weighted by molar-refractivity contribution is -0.120. The summed E-state index contributed by atoms with van der Waals surface area (Å²) in [4.78, 5) is 19.8. The van der Waals surface area contributed by atoms with Crippen LogP contribution in [0.1, 0.15) is 35.4 Å². The molecule has 1 aromatic carbocycles. The van der Waals surface area contributed by atoms with Crippen molar-refractivity contribution in [2.75, 3.05) is 13.7 Å². The number of benzene rings is 1. The maximum absolute atomic E-state index is 12.4. The fourth-order valence-corrected chi connectivity index (χ4v) is 3.86. The summed E-state index contributed by atoms with van der Waals surface area (Å²) in [6.07, 6.45) is 7.33. The number of amides is 1. The average molecular weight is 349 g/mol. The highest BCUT2D eigenvalue weighted by Crippen LogP contribution is 2.33. The van der Waals surface area contributed by atoms with Gasteiger partial charge in [0, 0.05) is 30.2 Å². The largest absolute Gasteiger partial charge is 0.497 e. The van der Waals surface area contributed by atoms with Gasteiger partial charge in [0.2, 0.25) is 5.91 Å². The van der Waals surface area contributed by atoms with Gasteiger partial charge in [0.25, 0.3) is 0 Å². The van der Waals surface area contributed by atoms with Gasteiger partial charge in [-0.3, -0.25) is 4.79 Å². The number of nitrogens with zero attached hydrogens (tertiary/aromatic N) is 1. The molecule has 2 aromatic heterocycles. The first-order chi connectivity index (χ1) is 12.7. The number of methoxy groups -OCH3 is 1. The van der Waals surface area contributed by atoms with E-state index in [1.165, 1.54) is 11.1 Å². The van der Waals surface area contributed by atoms with Gasteiger partial charge in [-0.25, -0.2) is 4.98 Å². The number of aromatic nitrogens is 2. The molecule has 26 heavy (non-hydrogen) atoms. The molecule has 134 valence electrons.